The number of carbonyl (C=O) groups excluding carboxylic acids is 1. The Morgan fingerprint density at radius 1 is 0.923 bits per heavy atom. The highest BCUT2D eigenvalue weighted by molar-refractivity contribution is 7.85. The van der Waals surface area contributed by atoms with Crippen LogP contribution in [0.15, 0.2) is 73.7 Å². The Labute approximate surface area is 226 Å². The first-order valence-electron chi connectivity index (χ1n) is 12.6. The van der Waals surface area contributed by atoms with Crippen molar-refractivity contribution in [2.24, 2.45) is 5.10 Å². The Kier molecular flexibility index (Phi) is 9.60. The number of unbranched alkanes of at least 4 members (excludes halogenated alkanes) is 2. The van der Waals surface area contributed by atoms with E-state index in [2.05, 4.69) is 5.10 Å². The molecule has 0 atom stereocenters. The van der Waals surface area contributed by atoms with Crippen molar-refractivity contribution in [1.29, 1.82) is 0 Å². The summed E-state index contributed by atoms with van der Waals surface area (Å²) in [5, 5.41) is 16.0. The lowest BCUT2D eigenvalue weighted by atomic mass is 10.1. The first-order valence-corrected chi connectivity index (χ1v) is 14.0. The van der Waals surface area contributed by atoms with Crippen LogP contribution in [0.5, 0.6) is 5.88 Å². The SMILES string of the molecule is CCCCn1c(O)c(/C=C/C=C/C=C2/C(=O)N(c3ccc(S(=O)(=O)O)cc3)N=C2C)c(=O)n(CCCC)c1=O. The number of rotatable bonds is 11. The summed E-state index contributed by atoms with van der Waals surface area (Å²) in [5.41, 5.74) is -0.0153. The third-order valence-electron chi connectivity index (χ3n) is 6.09. The van der Waals surface area contributed by atoms with Gasteiger partial charge in [0.2, 0.25) is 5.88 Å². The maximum absolute atomic E-state index is 12.9. The lowest BCUT2D eigenvalue weighted by Gasteiger charge is -2.14. The Morgan fingerprint density at radius 2 is 1.54 bits per heavy atom. The molecule has 0 fully saturated rings. The van der Waals surface area contributed by atoms with Gasteiger partial charge < -0.3 is 5.11 Å². The minimum atomic E-state index is -4.36. The van der Waals surface area contributed by atoms with Crippen LogP contribution in [-0.2, 0) is 28.0 Å². The fourth-order valence-electron chi connectivity index (χ4n) is 3.90. The molecule has 11 nitrogen and oxygen atoms in total. The van der Waals surface area contributed by atoms with Crippen LogP contribution in [0, 0.1) is 0 Å². The summed E-state index contributed by atoms with van der Waals surface area (Å²) >= 11 is 0. The van der Waals surface area contributed by atoms with Crippen molar-refractivity contribution in [2.75, 3.05) is 5.01 Å². The van der Waals surface area contributed by atoms with E-state index in [0.717, 1.165) is 22.4 Å². The van der Waals surface area contributed by atoms with E-state index in [9.17, 15) is 27.9 Å². The number of hydrogen-bond donors (Lipinski definition) is 2. The van der Waals surface area contributed by atoms with E-state index in [1.54, 1.807) is 25.2 Å². The van der Waals surface area contributed by atoms with Crippen molar-refractivity contribution in [3.8, 4) is 5.88 Å². The number of benzene rings is 1. The molecule has 2 N–H and O–H groups in total. The van der Waals surface area contributed by atoms with E-state index in [0.29, 0.717) is 36.4 Å². The fourth-order valence-corrected chi connectivity index (χ4v) is 4.38. The zero-order valence-corrected chi connectivity index (χ0v) is 22.9. The maximum Gasteiger partial charge on any atom is 0.333 e. The second-order valence-electron chi connectivity index (χ2n) is 8.93. The Balaban J connectivity index is 1.83. The lowest BCUT2D eigenvalue weighted by Crippen LogP contribution is -2.41. The van der Waals surface area contributed by atoms with Gasteiger partial charge in [0.1, 0.15) is 5.56 Å². The molecule has 0 aliphatic carbocycles. The quantitative estimate of drug-likeness (QED) is 0.244. The summed E-state index contributed by atoms with van der Waals surface area (Å²) in [6, 6.07) is 5.07. The van der Waals surface area contributed by atoms with Gasteiger partial charge in [-0.25, -0.2) is 4.79 Å². The molecule has 0 radical (unpaired) electrons. The Hall–Kier alpha value is -4.03. The van der Waals surface area contributed by atoms with Crippen molar-refractivity contribution >= 4 is 33.5 Å². The summed E-state index contributed by atoms with van der Waals surface area (Å²) in [4.78, 5) is 38.3. The number of allylic oxidation sites excluding steroid dienone is 4. The molecule has 39 heavy (non-hydrogen) atoms. The minimum Gasteiger partial charge on any atom is -0.494 e. The van der Waals surface area contributed by atoms with Gasteiger partial charge in [-0.3, -0.25) is 23.3 Å². The van der Waals surface area contributed by atoms with E-state index in [4.69, 9.17) is 4.55 Å². The van der Waals surface area contributed by atoms with Crippen molar-refractivity contribution < 1.29 is 22.9 Å². The van der Waals surface area contributed by atoms with E-state index in [-0.39, 0.29) is 22.9 Å². The normalized spacial score (nSPS) is 15.3. The summed E-state index contributed by atoms with van der Waals surface area (Å²) in [7, 11) is -4.36. The predicted molar refractivity (Wildman–Crippen MR) is 150 cm³/mol. The average molecular weight is 557 g/mol. The Morgan fingerprint density at radius 3 is 2.13 bits per heavy atom. The first kappa shape index (κ1) is 29.5. The first-order chi connectivity index (χ1) is 18.5. The van der Waals surface area contributed by atoms with Gasteiger partial charge in [-0.1, -0.05) is 44.9 Å². The number of hydrogen-bond acceptors (Lipinski definition) is 7. The zero-order chi connectivity index (χ0) is 28.7. The van der Waals surface area contributed by atoms with Gasteiger partial charge in [0.15, 0.2) is 0 Å². The van der Waals surface area contributed by atoms with Crippen molar-refractivity contribution in [3.05, 3.63) is 80.5 Å². The summed E-state index contributed by atoms with van der Waals surface area (Å²) in [5.74, 6) is -0.806. The standard InChI is InChI=1S/C27H32N4O7S/c1-4-6-17-29-24(32)23(25(33)30(27(29)35)18-7-5-2)12-10-8-9-11-22-19(3)28-31(26(22)34)20-13-15-21(16-14-20)39(36,37)38/h8-16,32H,4-7,17-18H2,1-3H3,(H,36,37,38)/b9-8+,12-10+,22-11+. The molecule has 12 heteroatoms. The van der Waals surface area contributed by atoms with Crippen LogP contribution in [0.1, 0.15) is 52.0 Å². The molecule has 3 rings (SSSR count). The molecule has 0 unspecified atom stereocenters. The van der Waals surface area contributed by atoms with E-state index in [1.807, 2.05) is 13.8 Å². The molecule has 0 saturated heterocycles. The highest BCUT2D eigenvalue weighted by Crippen LogP contribution is 2.25. The number of nitrogens with zero attached hydrogens (tertiary/aromatic N) is 4. The smallest absolute Gasteiger partial charge is 0.333 e. The van der Waals surface area contributed by atoms with E-state index >= 15 is 0 Å². The van der Waals surface area contributed by atoms with Crippen LogP contribution in [-0.4, -0.2) is 38.8 Å². The highest BCUT2D eigenvalue weighted by atomic mass is 32.2. The second kappa shape index (κ2) is 12.7. The number of carbonyl (C=O) groups is 1. The monoisotopic (exact) mass is 556 g/mol. The third kappa shape index (κ3) is 6.70. The van der Waals surface area contributed by atoms with Crippen LogP contribution < -0.4 is 16.3 Å². The molecule has 1 aromatic heterocycles. The van der Waals surface area contributed by atoms with E-state index < -0.39 is 27.3 Å². The van der Waals surface area contributed by atoms with Crippen LogP contribution in [0.25, 0.3) is 6.08 Å². The second-order valence-corrected chi connectivity index (χ2v) is 10.4. The molecule has 2 heterocycles. The van der Waals surface area contributed by atoms with E-state index in [1.165, 1.54) is 41.0 Å². The molecule has 0 spiro atoms. The van der Waals surface area contributed by atoms with Crippen LogP contribution >= 0.6 is 0 Å². The van der Waals surface area contributed by atoms with Gasteiger partial charge in [-0.05, 0) is 56.2 Å². The predicted octanol–water partition coefficient (Wildman–Crippen LogP) is 3.48. The maximum atomic E-state index is 12.9. The molecule has 1 amide bonds. The number of amides is 1. The number of anilines is 1. The topological polar surface area (TPSA) is 151 Å². The molecule has 0 bridgehead atoms. The molecule has 208 valence electrons. The van der Waals surface area contributed by atoms with Crippen LogP contribution in [0.2, 0.25) is 0 Å². The summed E-state index contributed by atoms with van der Waals surface area (Å²) in [6.45, 7) is 6.14. The lowest BCUT2D eigenvalue weighted by molar-refractivity contribution is -0.114. The van der Waals surface area contributed by atoms with Gasteiger partial charge >= 0.3 is 5.69 Å². The number of hydrazone groups is 1. The van der Waals surface area contributed by atoms with Gasteiger partial charge in [0.25, 0.3) is 21.6 Å². The number of aromatic nitrogens is 2. The Bertz CT molecular complexity index is 1580. The third-order valence-corrected chi connectivity index (χ3v) is 6.96. The van der Waals surface area contributed by atoms with Crippen molar-refractivity contribution in [3.63, 3.8) is 0 Å². The minimum absolute atomic E-state index is 0.00769. The number of aromatic hydroxyl groups is 1. The molecule has 1 aliphatic heterocycles. The molecular formula is C27H32N4O7S. The van der Waals surface area contributed by atoms with Crippen LogP contribution in [0.3, 0.4) is 0 Å². The van der Waals surface area contributed by atoms with Gasteiger partial charge in [-0.15, -0.1) is 0 Å². The van der Waals surface area contributed by atoms with Gasteiger partial charge in [-0.2, -0.15) is 18.5 Å². The molecule has 0 saturated carbocycles. The zero-order valence-electron chi connectivity index (χ0n) is 22.1. The fraction of sp³-hybridized carbons (Fsp3) is 0.333. The van der Waals surface area contributed by atoms with Gasteiger partial charge in [0, 0.05) is 13.1 Å². The highest BCUT2D eigenvalue weighted by Gasteiger charge is 2.28. The molecular weight excluding hydrogens is 524 g/mol. The average Bonchev–Trinajstić information content (AvgIpc) is 3.18. The van der Waals surface area contributed by atoms with Gasteiger partial charge in [0.05, 0.1) is 21.9 Å². The largest absolute Gasteiger partial charge is 0.494 e. The van der Waals surface area contributed by atoms with Crippen molar-refractivity contribution in [2.45, 2.75) is 64.4 Å². The van der Waals surface area contributed by atoms with Crippen LogP contribution in [0.4, 0.5) is 5.69 Å². The molecule has 1 aromatic carbocycles. The molecule has 2 aromatic rings. The van der Waals surface area contributed by atoms with Crippen molar-refractivity contribution in [1.82, 2.24) is 9.13 Å². The molecule has 1 aliphatic rings. The summed E-state index contributed by atoms with van der Waals surface area (Å²) in [6.07, 6.45) is 10.6. The summed E-state index contributed by atoms with van der Waals surface area (Å²) < 4.78 is 34.0.